The normalized spacial score (nSPS) is 23.3. The SMILES string of the molecule is CCN1c2cc(C(=O)OC)ccc2NC1CNC(=O)C1=NC(Cl)C(N)N=C1N. The lowest BCUT2D eigenvalue weighted by Gasteiger charge is -2.26. The second kappa shape index (κ2) is 8.03. The highest BCUT2D eigenvalue weighted by molar-refractivity contribution is 6.66. The highest BCUT2D eigenvalue weighted by Crippen LogP contribution is 2.35. The number of fused-ring (bicyclic) bond motifs is 1. The van der Waals surface area contributed by atoms with Crippen molar-refractivity contribution in [2.24, 2.45) is 21.5 Å². The molecule has 0 saturated heterocycles. The standard InChI is InChI=1S/C17H22ClN7O3/c1-3-25-10-6-8(17(27)28-2)4-5-9(10)22-11(25)7-21-16(26)12-14(19)24-15(20)13(18)23-12/h4-6,11,13,15,22H,3,7,20H2,1-2H3,(H2,19,24)(H,21,26). The lowest BCUT2D eigenvalue weighted by Crippen LogP contribution is -2.50. The molecule has 0 aliphatic carbocycles. The Hall–Kier alpha value is -2.85. The van der Waals surface area contributed by atoms with E-state index in [0.717, 1.165) is 11.4 Å². The maximum atomic E-state index is 12.5. The monoisotopic (exact) mass is 407 g/mol. The van der Waals surface area contributed by atoms with Crippen LogP contribution in [0.15, 0.2) is 28.2 Å². The summed E-state index contributed by atoms with van der Waals surface area (Å²) in [5, 5.41) is 6.10. The molecule has 2 aliphatic heterocycles. The van der Waals surface area contributed by atoms with Crippen molar-refractivity contribution in [3.05, 3.63) is 23.8 Å². The number of hydrogen-bond acceptors (Lipinski definition) is 9. The predicted octanol–water partition coefficient (Wildman–Crippen LogP) is -0.171. The zero-order valence-electron chi connectivity index (χ0n) is 15.5. The Balaban J connectivity index is 1.70. The van der Waals surface area contributed by atoms with E-state index in [1.54, 1.807) is 18.2 Å². The molecule has 3 unspecified atom stereocenters. The fourth-order valence-electron chi connectivity index (χ4n) is 3.11. The van der Waals surface area contributed by atoms with E-state index in [2.05, 4.69) is 20.6 Å². The van der Waals surface area contributed by atoms with Gasteiger partial charge in [-0.05, 0) is 25.1 Å². The number of likely N-dealkylation sites (N-methyl/N-ethyl adjacent to an activating group) is 1. The van der Waals surface area contributed by atoms with Gasteiger partial charge in [-0.3, -0.25) is 9.79 Å². The fraction of sp³-hybridized carbons (Fsp3) is 0.412. The van der Waals surface area contributed by atoms with Gasteiger partial charge in [-0.25, -0.2) is 9.79 Å². The van der Waals surface area contributed by atoms with Crippen molar-refractivity contribution < 1.29 is 14.3 Å². The largest absolute Gasteiger partial charge is 0.465 e. The van der Waals surface area contributed by atoms with Gasteiger partial charge in [0, 0.05) is 6.54 Å². The second-order valence-electron chi connectivity index (χ2n) is 6.23. The molecule has 1 aromatic carbocycles. The van der Waals surface area contributed by atoms with Crippen molar-refractivity contribution >= 4 is 46.4 Å². The number of hydrogen-bond donors (Lipinski definition) is 4. The van der Waals surface area contributed by atoms with Crippen LogP contribution in [0.5, 0.6) is 0 Å². The highest BCUT2D eigenvalue weighted by atomic mass is 35.5. The Morgan fingerprint density at radius 3 is 2.82 bits per heavy atom. The number of rotatable bonds is 5. The average molecular weight is 408 g/mol. The van der Waals surface area contributed by atoms with Crippen molar-refractivity contribution in [1.29, 1.82) is 0 Å². The molecule has 0 radical (unpaired) electrons. The lowest BCUT2D eigenvalue weighted by atomic mass is 10.1. The summed E-state index contributed by atoms with van der Waals surface area (Å²) >= 11 is 5.94. The number of methoxy groups -OCH3 is 1. The van der Waals surface area contributed by atoms with Crippen LogP contribution in [0.4, 0.5) is 11.4 Å². The van der Waals surface area contributed by atoms with Crippen LogP contribution in [-0.4, -0.2) is 61.5 Å². The molecule has 10 nitrogen and oxygen atoms in total. The first-order chi connectivity index (χ1) is 13.3. The van der Waals surface area contributed by atoms with E-state index in [9.17, 15) is 9.59 Å². The molecule has 6 N–H and O–H groups in total. The number of aliphatic imine (C=N–C) groups is 2. The van der Waals surface area contributed by atoms with Crippen molar-refractivity contribution in [3.8, 4) is 0 Å². The van der Waals surface area contributed by atoms with E-state index in [1.165, 1.54) is 7.11 Å². The third kappa shape index (κ3) is 3.73. The van der Waals surface area contributed by atoms with E-state index in [4.69, 9.17) is 27.8 Å². The molecule has 0 bridgehead atoms. The number of nitrogens with zero attached hydrogens (tertiary/aromatic N) is 3. The lowest BCUT2D eigenvalue weighted by molar-refractivity contribution is -0.114. The molecule has 11 heteroatoms. The van der Waals surface area contributed by atoms with E-state index in [-0.39, 0.29) is 24.3 Å². The first-order valence-electron chi connectivity index (χ1n) is 8.70. The van der Waals surface area contributed by atoms with Gasteiger partial charge in [-0.1, -0.05) is 11.6 Å². The Labute approximate surface area is 167 Å². The van der Waals surface area contributed by atoms with Crippen molar-refractivity contribution in [3.63, 3.8) is 0 Å². The number of alkyl halides is 1. The summed E-state index contributed by atoms with van der Waals surface area (Å²) in [7, 11) is 1.34. The molecule has 150 valence electrons. The van der Waals surface area contributed by atoms with Crippen LogP contribution < -0.4 is 27.0 Å². The minimum absolute atomic E-state index is 0.0340. The fourth-order valence-corrected chi connectivity index (χ4v) is 3.26. The molecular weight excluding hydrogens is 386 g/mol. The number of halogens is 1. The molecule has 0 saturated carbocycles. The number of carbonyl (C=O) groups is 2. The van der Waals surface area contributed by atoms with Gasteiger partial charge in [0.1, 0.15) is 12.3 Å². The van der Waals surface area contributed by atoms with Crippen LogP contribution in [0, 0.1) is 0 Å². The minimum Gasteiger partial charge on any atom is -0.465 e. The maximum absolute atomic E-state index is 12.5. The topological polar surface area (TPSA) is 147 Å². The van der Waals surface area contributed by atoms with E-state index < -0.39 is 23.5 Å². The van der Waals surface area contributed by atoms with Crippen LogP contribution in [0.2, 0.25) is 0 Å². The number of anilines is 2. The molecule has 2 heterocycles. The van der Waals surface area contributed by atoms with Crippen molar-refractivity contribution in [2.45, 2.75) is 24.8 Å². The van der Waals surface area contributed by atoms with Gasteiger partial charge in [-0.2, -0.15) is 0 Å². The molecule has 0 fully saturated rings. The van der Waals surface area contributed by atoms with Gasteiger partial charge < -0.3 is 31.7 Å². The zero-order valence-corrected chi connectivity index (χ0v) is 16.2. The van der Waals surface area contributed by atoms with E-state index >= 15 is 0 Å². The minimum atomic E-state index is -0.842. The molecule has 2 aliphatic rings. The molecule has 3 atom stereocenters. The third-order valence-electron chi connectivity index (χ3n) is 4.50. The number of benzene rings is 1. The number of amidine groups is 1. The molecule has 1 amide bonds. The summed E-state index contributed by atoms with van der Waals surface area (Å²) in [6, 6.07) is 5.25. The first kappa shape index (κ1) is 19.9. The van der Waals surface area contributed by atoms with Gasteiger partial charge in [0.25, 0.3) is 5.91 Å². The van der Waals surface area contributed by atoms with Gasteiger partial charge in [0.05, 0.1) is 30.6 Å². The van der Waals surface area contributed by atoms with Gasteiger partial charge in [0.2, 0.25) is 0 Å². The van der Waals surface area contributed by atoms with Gasteiger partial charge in [0.15, 0.2) is 17.0 Å². The third-order valence-corrected chi connectivity index (χ3v) is 4.86. The predicted molar refractivity (Wildman–Crippen MR) is 108 cm³/mol. The van der Waals surface area contributed by atoms with Crippen molar-refractivity contribution in [2.75, 3.05) is 30.4 Å². The van der Waals surface area contributed by atoms with E-state index in [1.807, 2.05) is 11.8 Å². The average Bonchev–Trinajstić information content (AvgIpc) is 3.04. The molecular formula is C17H22ClN7O3. The molecule has 0 spiro atoms. The van der Waals surface area contributed by atoms with Crippen LogP contribution in [0.25, 0.3) is 0 Å². The van der Waals surface area contributed by atoms with Crippen LogP contribution in [0.3, 0.4) is 0 Å². The summed E-state index contributed by atoms with van der Waals surface area (Å²) in [4.78, 5) is 34.2. The first-order valence-corrected chi connectivity index (χ1v) is 9.14. The Bertz CT molecular complexity index is 857. The van der Waals surface area contributed by atoms with Crippen molar-refractivity contribution in [1.82, 2.24) is 5.32 Å². The number of carbonyl (C=O) groups excluding carboxylic acids is 2. The Morgan fingerprint density at radius 1 is 1.39 bits per heavy atom. The highest BCUT2D eigenvalue weighted by Gasteiger charge is 2.31. The molecule has 1 aromatic rings. The zero-order chi connectivity index (χ0) is 20.4. The smallest absolute Gasteiger partial charge is 0.337 e. The Morgan fingerprint density at radius 2 is 2.14 bits per heavy atom. The summed E-state index contributed by atoms with van der Waals surface area (Å²) in [5.41, 5.74) is 12.7. The van der Waals surface area contributed by atoms with Crippen LogP contribution >= 0.6 is 11.6 Å². The summed E-state index contributed by atoms with van der Waals surface area (Å²) in [6.07, 6.45) is -0.989. The van der Waals surface area contributed by atoms with Crippen LogP contribution in [0.1, 0.15) is 17.3 Å². The van der Waals surface area contributed by atoms with E-state index in [0.29, 0.717) is 12.1 Å². The maximum Gasteiger partial charge on any atom is 0.337 e. The van der Waals surface area contributed by atoms with Gasteiger partial charge >= 0.3 is 5.97 Å². The molecule has 28 heavy (non-hydrogen) atoms. The number of nitrogens with two attached hydrogens (primary N) is 2. The van der Waals surface area contributed by atoms with Crippen LogP contribution in [-0.2, 0) is 9.53 Å². The second-order valence-corrected chi connectivity index (χ2v) is 6.68. The van der Waals surface area contributed by atoms with Gasteiger partial charge in [-0.15, -0.1) is 0 Å². The quantitative estimate of drug-likeness (QED) is 0.301. The summed E-state index contributed by atoms with van der Waals surface area (Å²) < 4.78 is 4.77. The number of esters is 1. The number of amides is 1. The summed E-state index contributed by atoms with van der Waals surface area (Å²) in [6.45, 7) is 2.90. The Kier molecular flexibility index (Phi) is 5.71. The summed E-state index contributed by atoms with van der Waals surface area (Å²) in [5.74, 6) is -0.933. The number of nitrogens with one attached hydrogen (secondary N) is 2. The molecule has 3 rings (SSSR count). The molecule has 0 aromatic heterocycles. The number of ether oxygens (including phenoxy) is 1.